The van der Waals surface area contributed by atoms with Gasteiger partial charge in [-0.15, -0.1) is 0 Å². The Morgan fingerprint density at radius 3 is 2.94 bits per heavy atom. The maximum absolute atomic E-state index is 11.5. The second-order valence-corrected chi connectivity index (χ2v) is 3.98. The molecule has 1 aromatic carbocycles. The monoisotopic (exact) mass is 234 g/mol. The van der Waals surface area contributed by atoms with Gasteiger partial charge in [0.1, 0.15) is 0 Å². The zero-order valence-corrected chi connectivity index (χ0v) is 10.1. The van der Waals surface area contributed by atoms with Crippen LogP contribution in [0.15, 0.2) is 24.3 Å². The van der Waals surface area contributed by atoms with Crippen molar-refractivity contribution in [3.63, 3.8) is 0 Å². The Labute approximate surface area is 101 Å². The van der Waals surface area contributed by atoms with Crippen molar-refractivity contribution < 1.29 is 4.79 Å². The second-order valence-electron chi connectivity index (χ2n) is 3.54. The number of hydrogen-bond acceptors (Lipinski definition) is 3. The summed E-state index contributed by atoms with van der Waals surface area (Å²) in [5, 5.41) is 8.75. The molecule has 0 unspecified atom stereocenters. The number of rotatable bonds is 4. The second kappa shape index (κ2) is 6.19. The van der Waals surface area contributed by atoms with Crippen molar-refractivity contribution in [3.05, 3.63) is 35.4 Å². The molecule has 4 heteroatoms. The van der Waals surface area contributed by atoms with Gasteiger partial charge in [0.2, 0.25) is 5.91 Å². The number of carbonyl (C=O) groups excluding carboxylic acids is 1. The smallest absolute Gasteiger partial charge is 0.223 e. The summed E-state index contributed by atoms with van der Waals surface area (Å²) in [6.45, 7) is 0.530. The summed E-state index contributed by atoms with van der Waals surface area (Å²) in [6.07, 6.45) is 0.442. The topological polar surface area (TPSA) is 44.1 Å². The molecule has 0 fully saturated rings. The first-order valence-electron chi connectivity index (χ1n) is 5.01. The van der Waals surface area contributed by atoms with E-state index >= 15 is 0 Å². The Kier molecular flexibility index (Phi) is 4.87. The van der Waals surface area contributed by atoms with Crippen LogP contribution < -0.4 is 0 Å². The number of carbonyl (C=O) groups is 1. The zero-order chi connectivity index (χ0) is 12.0. The number of amides is 1. The maximum atomic E-state index is 11.5. The quantitative estimate of drug-likeness (QED) is 0.808. The van der Waals surface area contributed by atoms with Crippen LogP contribution in [-0.2, 0) is 11.3 Å². The fraction of sp³-hybridized carbons (Fsp3) is 0.333. The van der Waals surface area contributed by atoms with Crippen LogP contribution in [-0.4, -0.2) is 23.6 Å². The van der Waals surface area contributed by atoms with Crippen molar-refractivity contribution in [3.8, 4) is 6.07 Å². The van der Waals surface area contributed by atoms with E-state index in [1.807, 2.05) is 12.1 Å². The van der Waals surface area contributed by atoms with Gasteiger partial charge in [0.25, 0.3) is 0 Å². The average molecular weight is 234 g/mol. The lowest BCUT2D eigenvalue weighted by atomic mass is 10.1. The Morgan fingerprint density at radius 1 is 1.56 bits per heavy atom. The first-order valence-corrected chi connectivity index (χ1v) is 5.64. The minimum absolute atomic E-state index is 0.0670. The van der Waals surface area contributed by atoms with E-state index < -0.39 is 0 Å². The molecular weight excluding hydrogens is 220 g/mol. The van der Waals surface area contributed by atoms with Crippen LogP contribution in [0.3, 0.4) is 0 Å². The molecule has 0 saturated carbocycles. The lowest BCUT2D eigenvalue weighted by molar-refractivity contribution is -0.129. The molecule has 0 aliphatic heterocycles. The molecule has 0 aliphatic rings. The fourth-order valence-corrected chi connectivity index (χ4v) is 1.58. The Bertz CT molecular complexity index is 412. The van der Waals surface area contributed by atoms with Gasteiger partial charge in [-0.2, -0.15) is 17.9 Å². The summed E-state index contributed by atoms with van der Waals surface area (Å²) in [6, 6.07) is 9.36. The summed E-state index contributed by atoms with van der Waals surface area (Å²) in [4.78, 5) is 13.2. The van der Waals surface area contributed by atoms with E-state index in [0.29, 0.717) is 24.3 Å². The van der Waals surface area contributed by atoms with E-state index in [-0.39, 0.29) is 5.91 Å². The third-order valence-corrected chi connectivity index (χ3v) is 2.45. The van der Waals surface area contributed by atoms with Gasteiger partial charge in [-0.3, -0.25) is 4.79 Å². The molecular formula is C12H14N2OS. The molecule has 0 aliphatic carbocycles. The summed E-state index contributed by atoms with van der Waals surface area (Å²) < 4.78 is 0. The highest BCUT2D eigenvalue weighted by atomic mass is 32.1. The average Bonchev–Trinajstić information content (AvgIpc) is 2.29. The molecule has 1 rings (SSSR count). The normalized spacial score (nSPS) is 9.56. The molecule has 0 atom stereocenters. The molecule has 0 spiro atoms. The highest BCUT2D eigenvalue weighted by Crippen LogP contribution is 2.07. The summed E-state index contributed by atoms with van der Waals surface area (Å²) in [7, 11) is 1.75. The van der Waals surface area contributed by atoms with Gasteiger partial charge in [-0.1, -0.05) is 12.1 Å². The molecule has 0 radical (unpaired) electrons. The Balaban J connectivity index is 2.66. The number of nitrogens with zero attached hydrogens (tertiary/aromatic N) is 2. The number of nitriles is 1. The molecule has 0 N–H and O–H groups in total. The van der Waals surface area contributed by atoms with Gasteiger partial charge in [-0.25, -0.2) is 0 Å². The Morgan fingerprint density at radius 2 is 2.31 bits per heavy atom. The minimum atomic E-state index is 0.0670. The van der Waals surface area contributed by atoms with Gasteiger partial charge < -0.3 is 4.90 Å². The third kappa shape index (κ3) is 3.59. The molecule has 0 bridgehead atoms. The van der Waals surface area contributed by atoms with Crippen LogP contribution in [0.25, 0.3) is 0 Å². The van der Waals surface area contributed by atoms with E-state index in [2.05, 4.69) is 18.7 Å². The molecule has 0 saturated heterocycles. The number of hydrogen-bond donors (Lipinski definition) is 1. The van der Waals surface area contributed by atoms with Crippen molar-refractivity contribution >= 4 is 18.5 Å². The largest absolute Gasteiger partial charge is 0.341 e. The van der Waals surface area contributed by atoms with E-state index in [1.165, 1.54) is 0 Å². The highest BCUT2D eigenvalue weighted by molar-refractivity contribution is 7.80. The van der Waals surface area contributed by atoms with Gasteiger partial charge >= 0.3 is 0 Å². The Hall–Kier alpha value is -1.47. The summed E-state index contributed by atoms with van der Waals surface area (Å²) >= 11 is 4.02. The lowest BCUT2D eigenvalue weighted by Crippen LogP contribution is -2.26. The summed E-state index contributed by atoms with van der Waals surface area (Å²) in [5.41, 5.74) is 1.58. The summed E-state index contributed by atoms with van der Waals surface area (Å²) in [5.74, 6) is 0.624. The van der Waals surface area contributed by atoms with Gasteiger partial charge in [-0.05, 0) is 23.4 Å². The zero-order valence-electron chi connectivity index (χ0n) is 9.18. The van der Waals surface area contributed by atoms with E-state index in [4.69, 9.17) is 5.26 Å². The number of thiol groups is 1. The fourth-order valence-electron chi connectivity index (χ4n) is 1.39. The third-order valence-electron chi connectivity index (χ3n) is 2.23. The van der Waals surface area contributed by atoms with E-state index in [0.717, 1.165) is 5.56 Å². The maximum Gasteiger partial charge on any atom is 0.223 e. The SMILES string of the molecule is CN(Cc1cccc(C#N)c1)C(=O)CCS. The van der Waals surface area contributed by atoms with Crippen LogP contribution >= 0.6 is 12.6 Å². The van der Waals surface area contributed by atoms with Crippen LogP contribution in [0.1, 0.15) is 17.5 Å². The van der Waals surface area contributed by atoms with Gasteiger partial charge in [0, 0.05) is 20.0 Å². The molecule has 3 nitrogen and oxygen atoms in total. The van der Waals surface area contributed by atoms with E-state index in [1.54, 1.807) is 24.1 Å². The van der Waals surface area contributed by atoms with Crippen LogP contribution in [0.5, 0.6) is 0 Å². The van der Waals surface area contributed by atoms with Gasteiger partial charge in [0.15, 0.2) is 0 Å². The van der Waals surface area contributed by atoms with Crippen molar-refractivity contribution in [1.29, 1.82) is 5.26 Å². The van der Waals surface area contributed by atoms with Crippen LogP contribution in [0, 0.1) is 11.3 Å². The molecule has 16 heavy (non-hydrogen) atoms. The standard InChI is InChI=1S/C12H14N2OS/c1-14(12(15)5-6-16)9-11-4-2-3-10(7-11)8-13/h2-4,7,16H,5-6,9H2,1H3. The lowest BCUT2D eigenvalue weighted by Gasteiger charge is -2.16. The van der Waals surface area contributed by atoms with Crippen molar-refractivity contribution in [2.75, 3.05) is 12.8 Å². The number of benzene rings is 1. The molecule has 1 aromatic rings. The van der Waals surface area contributed by atoms with Gasteiger partial charge in [0.05, 0.1) is 11.6 Å². The van der Waals surface area contributed by atoms with Crippen molar-refractivity contribution in [2.24, 2.45) is 0 Å². The highest BCUT2D eigenvalue weighted by Gasteiger charge is 2.07. The minimum Gasteiger partial charge on any atom is -0.341 e. The predicted molar refractivity (Wildman–Crippen MR) is 66.1 cm³/mol. The van der Waals surface area contributed by atoms with E-state index in [9.17, 15) is 4.79 Å². The van der Waals surface area contributed by atoms with Crippen LogP contribution in [0.4, 0.5) is 0 Å². The predicted octanol–water partition coefficient (Wildman–Crippen LogP) is 1.84. The van der Waals surface area contributed by atoms with Crippen LogP contribution in [0.2, 0.25) is 0 Å². The molecule has 0 aromatic heterocycles. The molecule has 0 heterocycles. The first kappa shape index (κ1) is 12.6. The molecule has 84 valence electrons. The first-order chi connectivity index (χ1) is 7.67. The van der Waals surface area contributed by atoms with Crippen molar-refractivity contribution in [1.82, 2.24) is 4.90 Å². The van der Waals surface area contributed by atoms with Crippen molar-refractivity contribution in [2.45, 2.75) is 13.0 Å². The molecule has 1 amide bonds.